The van der Waals surface area contributed by atoms with Crippen molar-refractivity contribution in [2.75, 3.05) is 6.54 Å². The summed E-state index contributed by atoms with van der Waals surface area (Å²) in [4.78, 5) is 4.57. The van der Waals surface area contributed by atoms with Crippen LogP contribution in [0.2, 0.25) is 0 Å². The lowest BCUT2D eigenvalue weighted by Gasteiger charge is -2.18. The van der Waals surface area contributed by atoms with E-state index in [1.807, 2.05) is 19.9 Å². The van der Waals surface area contributed by atoms with Gasteiger partial charge in [-0.25, -0.2) is 9.37 Å². The highest BCUT2D eigenvalue weighted by Crippen LogP contribution is 2.22. The standard InChI is InChI=1S/C16H21FN2S/c1-4-7-18-15(16-10-20-12(3)19-16)9-13-8-14(17)6-5-11(13)2/h5-6,8,10,15,18H,4,7,9H2,1-3H3. The summed E-state index contributed by atoms with van der Waals surface area (Å²) in [5.74, 6) is -0.172. The Morgan fingerprint density at radius 2 is 2.15 bits per heavy atom. The Bertz CT molecular complexity index is 565. The van der Waals surface area contributed by atoms with E-state index in [0.717, 1.165) is 41.2 Å². The Hall–Kier alpha value is -1.26. The minimum atomic E-state index is -0.172. The first-order valence-electron chi connectivity index (χ1n) is 7.00. The number of hydrogen-bond donors (Lipinski definition) is 1. The van der Waals surface area contributed by atoms with Crippen molar-refractivity contribution in [2.24, 2.45) is 0 Å². The third-order valence-electron chi connectivity index (χ3n) is 3.37. The molecule has 0 amide bonds. The third-order valence-corrected chi connectivity index (χ3v) is 4.16. The van der Waals surface area contributed by atoms with Crippen LogP contribution in [0.5, 0.6) is 0 Å². The Balaban J connectivity index is 2.21. The molecule has 0 spiro atoms. The van der Waals surface area contributed by atoms with E-state index in [1.54, 1.807) is 17.4 Å². The van der Waals surface area contributed by atoms with E-state index in [0.29, 0.717) is 0 Å². The predicted octanol–water partition coefficient (Wildman–Crippen LogP) is 4.18. The van der Waals surface area contributed by atoms with Gasteiger partial charge in [-0.3, -0.25) is 0 Å². The molecule has 0 aliphatic heterocycles. The fourth-order valence-corrected chi connectivity index (χ4v) is 2.89. The highest BCUT2D eigenvalue weighted by Gasteiger charge is 2.16. The van der Waals surface area contributed by atoms with Crippen molar-refractivity contribution in [3.05, 3.63) is 51.2 Å². The molecule has 1 heterocycles. The number of hydrogen-bond acceptors (Lipinski definition) is 3. The number of nitrogens with one attached hydrogen (secondary N) is 1. The molecular weight excluding hydrogens is 271 g/mol. The number of rotatable bonds is 6. The molecule has 1 atom stereocenters. The van der Waals surface area contributed by atoms with E-state index in [2.05, 4.69) is 22.6 Å². The fraction of sp³-hybridized carbons (Fsp3) is 0.438. The molecule has 1 aromatic carbocycles. The summed E-state index contributed by atoms with van der Waals surface area (Å²) in [7, 11) is 0. The summed E-state index contributed by atoms with van der Waals surface area (Å²) in [5.41, 5.74) is 3.23. The van der Waals surface area contributed by atoms with Crippen molar-refractivity contribution < 1.29 is 4.39 Å². The summed E-state index contributed by atoms with van der Waals surface area (Å²) >= 11 is 1.66. The lowest BCUT2D eigenvalue weighted by atomic mass is 9.99. The van der Waals surface area contributed by atoms with Crippen molar-refractivity contribution in [1.82, 2.24) is 10.3 Å². The van der Waals surface area contributed by atoms with Gasteiger partial charge in [0.2, 0.25) is 0 Å². The summed E-state index contributed by atoms with van der Waals surface area (Å²) in [6, 6.07) is 5.14. The molecule has 0 aliphatic carbocycles. The highest BCUT2D eigenvalue weighted by molar-refractivity contribution is 7.09. The average Bonchev–Trinajstić information content (AvgIpc) is 2.85. The smallest absolute Gasteiger partial charge is 0.123 e. The Morgan fingerprint density at radius 3 is 2.80 bits per heavy atom. The predicted molar refractivity (Wildman–Crippen MR) is 82.7 cm³/mol. The van der Waals surface area contributed by atoms with Crippen LogP contribution in [0.1, 0.15) is 41.2 Å². The maximum absolute atomic E-state index is 13.4. The summed E-state index contributed by atoms with van der Waals surface area (Å²) in [6.45, 7) is 7.12. The van der Waals surface area contributed by atoms with E-state index in [-0.39, 0.29) is 11.9 Å². The van der Waals surface area contributed by atoms with Crippen LogP contribution in [-0.4, -0.2) is 11.5 Å². The molecule has 0 saturated carbocycles. The molecule has 1 N–H and O–H groups in total. The van der Waals surface area contributed by atoms with Gasteiger partial charge in [-0.15, -0.1) is 11.3 Å². The molecule has 1 aromatic heterocycles. The molecule has 2 nitrogen and oxygen atoms in total. The largest absolute Gasteiger partial charge is 0.308 e. The molecule has 20 heavy (non-hydrogen) atoms. The van der Waals surface area contributed by atoms with Gasteiger partial charge < -0.3 is 5.32 Å². The summed E-state index contributed by atoms with van der Waals surface area (Å²) in [6.07, 6.45) is 1.84. The quantitative estimate of drug-likeness (QED) is 0.864. The second kappa shape index (κ2) is 6.95. The van der Waals surface area contributed by atoms with Crippen molar-refractivity contribution in [2.45, 2.75) is 39.7 Å². The second-order valence-electron chi connectivity index (χ2n) is 5.07. The van der Waals surface area contributed by atoms with E-state index in [1.165, 1.54) is 6.07 Å². The minimum absolute atomic E-state index is 0.153. The molecule has 0 radical (unpaired) electrons. The van der Waals surface area contributed by atoms with Gasteiger partial charge in [0.05, 0.1) is 16.7 Å². The van der Waals surface area contributed by atoms with Crippen molar-refractivity contribution >= 4 is 11.3 Å². The first kappa shape index (κ1) is 15.1. The zero-order valence-corrected chi connectivity index (χ0v) is 13.1. The van der Waals surface area contributed by atoms with Crippen LogP contribution in [0.4, 0.5) is 4.39 Å². The molecule has 2 aromatic rings. The normalized spacial score (nSPS) is 12.6. The van der Waals surface area contributed by atoms with Crippen LogP contribution < -0.4 is 5.32 Å². The lowest BCUT2D eigenvalue weighted by molar-refractivity contribution is 0.516. The lowest BCUT2D eigenvalue weighted by Crippen LogP contribution is -2.24. The zero-order valence-electron chi connectivity index (χ0n) is 12.2. The fourth-order valence-electron chi connectivity index (χ4n) is 2.22. The maximum Gasteiger partial charge on any atom is 0.123 e. The summed E-state index contributed by atoms with van der Waals surface area (Å²) in [5, 5.41) is 6.68. The van der Waals surface area contributed by atoms with Gasteiger partial charge in [-0.2, -0.15) is 0 Å². The average molecular weight is 292 g/mol. The molecule has 0 saturated heterocycles. The van der Waals surface area contributed by atoms with Gasteiger partial charge in [0.1, 0.15) is 5.82 Å². The molecule has 1 unspecified atom stereocenters. The molecule has 0 aliphatic rings. The van der Waals surface area contributed by atoms with E-state index in [4.69, 9.17) is 0 Å². The SMILES string of the molecule is CCCNC(Cc1cc(F)ccc1C)c1csc(C)n1. The van der Waals surface area contributed by atoms with E-state index < -0.39 is 0 Å². The second-order valence-corrected chi connectivity index (χ2v) is 6.14. The number of nitrogens with zero attached hydrogens (tertiary/aromatic N) is 1. The molecule has 4 heteroatoms. The number of aryl methyl sites for hydroxylation is 2. The maximum atomic E-state index is 13.4. The van der Waals surface area contributed by atoms with Crippen molar-refractivity contribution in [3.8, 4) is 0 Å². The number of benzene rings is 1. The van der Waals surface area contributed by atoms with Gasteiger partial charge >= 0.3 is 0 Å². The summed E-state index contributed by atoms with van der Waals surface area (Å²) < 4.78 is 13.4. The van der Waals surface area contributed by atoms with Crippen LogP contribution in [0.15, 0.2) is 23.6 Å². The van der Waals surface area contributed by atoms with Crippen molar-refractivity contribution in [1.29, 1.82) is 0 Å². The van der Waals surface area contributed by atoms with Crippen molar-refractivity contribution in [3.63, 3.8) is 0 Å². The van der Waals surface area contributed by atoms with Crippen LogP contribution in [0.25, 0.3) is 0 Å². The molecular formula is C16H21FN2S. The van der Waals surface area contributed by atoms with Crippen LogP contribution >= 0.6 is 11.3 Å². The van der Waals surface area contributed by atoms with Gasteiger partial charge in [0.15, 0.2) is 0 Å². The van der Waals surface area contributed by atoms with Crippen LogP contribution in [0.3, 0.4) is 0 Å². The zero-order chi connectivity index (χ0) is 14.5. The first-order valence-corrected chi connectivity index (χ1v) is 7.88. The Morgan fingerprint density at radius 1 is 1.35 bits per heavy atom. The Labute approximate surface area is 124 Å². The van der Waals surface area contributed by atoms with Gasteiger partial charge in [-0.1, -0.05) is 13.0 Å². The van der Waals surface area contributed by atoms with Crippen LogP contribution in [-0.2, 0) is 6.42 Å². The van der Waals surface area contributed by atoms with Gasteiger partial charge in [0, 0.05) is 5.38 Å². The monoisotopic (exact) mass is 292 g/mol. The van der Waals surface area contributed by atoms with E-state index >= 15 is 0 Å². The minimum Gasteiger partial charge on any atom is -0.308 e. The van der Waals surface area contributed by atoms with Gasteiger partial charge in [-0.05, 0) is 56.5 Å². The first-order chi connectivity index (χ1) is 9.60. The highest BCUT2D eigenvalue weighted by atomic mass is 32.1. The molecule has 2 rings (SSSR count). The van der Waals surface area contributed by atoms with Gasteiger partial charge in [0.25, 0.3) is 0 Å². The number of halogens is 1. The van der Waals surface area contributed by atoms with E-state index in [9.17, 15) is 4.39 Å². The topological polar surface area (TPSA) is 24.9 Å². The molecule has 0 fully saturated rings. The Kier molecular flexibility index (Phi) is 5.26. The molecule has 108 valence electrons. The van der Waals surface area contributed by atoms with Crippen LogP contribution in [0, 0.1) is 19.7 Å². The third kappa shape index (κ3) is 3.87. The number of thiazole rings is 1. The molecule has 0 bridgehead atoms. The number of aromatic nitrogens is 1.